The van der Waals surface area contributed by atoms with Gasteiger partial charge in [0.05, 0.1) is 28.8 Å². The fourth-order valence-electron chi connectivity index (χ4n) is 2.89. The van der Waals surface area contributed by atoms with Gasteiger partial charge in [-0.25, -0.2) is 4.39 Å². The van der Waals surface area contributed by atoms with Gasteiger partial charge in [-0.05, 0) is 12.1 Å². The van der Waals surface area contributed by atoms with Crippen LogP contribution in [0.3, 0.4) is 0 Å². The quantitative estimate of drug-likeness (QED) is 0.814. The molecule has 1 aromatic carbocycles. The van der Waals surface area contributed by atoms with Crippen LogP contribution < -0.4 is 11.1 Å². The molecule has 0 saturated heterocycles. The molecule has 0 spiro atoms. The number of hydrogen-bond donors (Lipinski definition) is 2. The molecule has 0 aliphatic carbocycles. The van der Waals surface area contributed by atoms with Crippen molar-refractivity contribution in [1.82, 2.24) is 5.16 Å². The van der Waals surface area contributed by atoms with Gasteiger partial charge in [-0.15, -0.1) is 0 Å². The van der Waals surface area contributed by atoms with E-state index in [0.717, 1.165) is 0 Å². The fraction of sp³-hybridized carbons (Fsp3) is 0.294. The Bertz CT molecular complexity index is 869. The Morgan fingerprint density at radius 3 is 2.67 bits per heavy atom. The van der Waals surface area contributed by atoms with Crippen molar-refractivity contribution in [2.45, 2.75) is 32.1 Å². The summed E-state index contributed by atoms with van der Waals surface area (Å²) in [5.41, 5.74) is 7.15. The lowest BCUT2D eigenvalue weighted by molar-refractivity contribution is 0.404. The molecule has 0 fully saturated rings. The van der Waals surface area contributed by atoms with Crippen molar-refractivity contribution in [2.24, 2.45) is 5.73 Å². The number of benzene rings is 1. The molecule has 0 amide bonds. The van der Waals surface area contributed by atoms with E-state index in [9.17, 15) is 9.65 Å². The highest BCUT2D eigenvalue weighted by Crippen LogP contribution is 2.47. The van der Waals surface area contributed by atoms with Gasteiger partial charge in [0.15, 0.2) is 0 Å². The van der Waals surface area contributed by atoms with Crippen molar-refractivity contribution in [3.8, 4) is 6.07 Å². The molecular formula is C17H16ClFN4O. The largest absolute Gasteiger partial charge is 0.384 e. The van der Waals surface area contributed by atoms with E-state index in [-0.39, 0.29) is 27.4 Å². The molecule has 1 aromatic heterocycles. The van der Waals surface area contributed by atoms with Gasteiger partial charge < -0.3 is 15.6 Å². The van der Waals surface area contributed by atoms with Gasteiger partial charge in [0.2, 0.25) is 5.88 Å². The molecule has 0 saturated carbocycles. The molecule has 24 heavy (non-hydrogen) atoms. The summed E-state index contributed by atoms with van der Waals surface area (Å²) in [7, 11) is 0. The number of anilines is 1. The van der Waals surface area contributed by atoms with E-state index in [1.54, 1.807) is 6.07 Å². The van der Waals surface area contributed by atoms with Crippen molar-refractivity contribution in [3.05, 3.63) is 57.3 Å². The number of allylic oxidation sites excluding steroid dienone is 1. The summed E-state index contributed by atoms with van der Waals surface area (Å²) in [6, 6.07) is 6.46. The third-order valence-corrected chi connectivity index (χ3v) is 4.29. The second-order valence-corrected chi connectivity index (χ2v) is 7.06. The lowest BCUT2D eigenvalue weighted by atomic mass is 9.78. The van der Waals surface area contributed by atoms with Crippen LogP contribution in [0.4, 0.5) is 10.3 Å². The Morgan fingerprint density at radius 1 is 1.38 bits per heavy atom. The van der Waals surface area contributed by atoms with Gasteiger partial charge in [0, 0.05) is 16.0 Å². The second-order valence-electron chi connectivity index (χ2n) is 6.66. The number of nitrogens with two attached hydrogens (primary N) is 1. The molecule has 1 aliphatic heterocycles. The van der Waals surface area contributed by atoms with Crippen molar-refractivity contribution >= 4 is 17.5 Å². The minimum atomic E-state index is -0.777. The summed E-state index contributed by atoms with van der Waals surface area (Å²) >= 11 is 6.25. The van der Waals surface area contributed by atoms with Gasteiger partial charge in [-0.3, -0.25) is 0 Å². The normalized spacial score (nSPS) is 17.2. The first-order valence-corrected chi connectivity index (χ1v) is 7.74. The van der Waals surface area contributed by atoms with Crippen LogP contribution in [0.5, 0.6) is 0 Å². The highest BCUT2D eigenvalue weighted by molar-refractivity contribution is 6.31. The molecule has 124 valence electrons. The number of rotatable bonds is 1. The van der Waals surface area contributed by atoms with Gasteiger partial charge in [-0.1, -0.05) is 43.6 Å². The smallest absolute Gasteiger partial charge is 0.234 e. The summed E-state index contributed by atoms with van der Waals surface area (Å²) in [6.07, 6.45) is 0. The first-order chi connectivity index (χ1) is 11.3. The Kier molecular flexibility index (Phi) is 3.77. The van der Waals surface area contributed by atoms with Crippen LogP contribution in [0, 0.1) is 17.1 Å². The van der Waals surface area contributed by atoms with Crippen LogP contribution in [0.1, 0.15) is 43.5 Å². The zero-order valence-electron chi connectivity index (χ0n) is 13.4. The molecule has 0 radical (unpaired) electrons. The first kappa shape index (κ1) is 16.3. The number of aromatic nitrogens is 1. The van der Waals surface area contributed by atoms with Gasteiger partial charge >= 0.3 is 0 Å². The van der Waals surface area contributed by atoms with Crippen LogP contribution >= 0.6 is 11.6 Å². The number of nitriles is 1. The van der Waals surface area contributed by atoms with E-state index < -0.39 is 11.7 Å². The van der Waals surface area contributed by atoms with Crippen LogP contribution in [-0.4, -0.2) is 5.16 Å². The highest BCUT2D eigenvalue weighted by Gasteiger charge is 2.40. The maximum atomic E-state index is 14.6. The summed E-state index contributed by atoms with van der Waals surface area (Å²) in [5, 5.41) is 16.7. The maximum absolute atomic E-state index is 14.6. The second kappa shape index (κ2) is 5.53. The first-order valence-electron chi connectivity index (χ1n) is 7.36. The number of hydrogen-bond acceptors (Lipinski definition) is 5. The van der Waals surface area contributed by atoms with Crippen LogP contribution in [-0.2, 0) is 5.41 Å². The molecule has 7 heteroatoms. The monoisotopic (exact) mass is 346 g/mol. The molecule has 0 bridgehead atoms. The predicted octanol–water partition coefficient (Wildman–Crippen LogP) is 4.02. The number of fused-ring (bicyclic) bond motifs is 1. The lowest BCUT2D eigenvalue weighted by Gasteiger charge is -2.27. The maximum Gasteiger partial charge on any atom is 0.234 e. The Labute approximate surface area is 143 Å². The topological polar surface area (TPSA) is 87.9 Å². The van der Waals surface area contributed by atoms with E-state index in [1.807, 2.05) is 20.8 Å². The van der Waals surface area contributed by atoms with Crippen LogP contribution in [0.2, 0.25) is 5.02 Å². The fourth-order valence-corrected chi connectivity index (χ4v) is 3.16. The van der Waals surface area contributed by atoms with Crippen molar-refractivity contribution in [1.29, 1.82) is 5.26 Å². The molecular weight excluding hydrogens is 331 g/mol. The van der Waals surface area contributed by atoms with Gasteiger partial charge in [-0.2, -0.15) is 5.26 Å². The third kappa shape index (κ3) is 2.42. The van der Waals surface area contributed by atoms with E-state index in [0.29, 0.717) is 17.1 Å². The zero-order valence-corrected chi connectivity index (χ0v) is 14.2. The molecule has 2 aromatic rings. The number of nitrogens with zero attached hydrogens (tertiary/aromatic N) is 2. The highest BCUT2D eigenvalue weighted by atomic mass is 35.5. The Hall–Kier alpha value is -2.52. The minimum absolute atomic E-state index is 0.103. The molecule has 3 N–H and O–H groups in total. The van der Waals surface area contributed by atoms with Gasteiger partial charge in [0.1, 0.15) is 11.6 Å². The molecule has 2 heterocycles. The summed E-state index contributed by atoms with van der Waals surface area (Å²) in [5.74, 6) is -0.881. The Morgan fingerprint density at radius 2 is 2.08 bits per heavy atom. The van der Waals surface area contributed by atoms with E-state index in [2.05, 4.69) is 16.5 Å². The van der Waals surface area contributed by atoms with E-state index in [4.69, 9.17) is 21.9 Å². The average molecular weight is 347 g/mol. The standard InChI is InChI=1S/C17H16ClFN4O/c1-17(2,3)14-13-11(12-9(18)5-4-6-10(12)19)8(7-20)15(21)22-16(13)24-23-14/h4-6,11,22H,21H2,1-3H3. The molecule has 3 rings (SSSR count). The van der Waals surface area contributed by atoms with Crippen LogP contribution in [0.25, 0.3) is 0 Å². The summed E-state index contributed by atoms with van der Waals surface area (Å²) in [6.45, 7) is 5.87. The van der Waals surface area contributed by atoms with Crippen molar-refractivity contribution in [3.63, 3.8) is 0 Å². The molecule has 1 atom stereocenters. The molecule has 5 nitrogen and oxygen atoms in total. The van der Waals surface area contributed by atoms with Crippen molar-refractivity contribution < 1.29 is 8.91 Å². The number of halogens is 2. The third-order valence-electron chi connectivity index (χ3n) is 3.96. The number of nitrogens with one attached hydrogen (secondary N) is 1. The molecule has 1 unspecified atom stereocenters. The van der Waals surface area contributed by atoms with E-state index >= 15 is 0 Å². The lowest BCUT2D eigenvalue weighted by Crippen LogP contribution is -2.25. The van der Waals surface area contributed by atoms with E-state index in [1.165, 1.54) is 12.1 Å². The molecule has 1 aliphatic rings. The predicted molar refractivity (Wildman–Crippen MR) is 88.9 cm³/mol. The summed E-state index contributed by atoms with van der Waals surface area (Å²) in [4.78, 5) is 0. The van der Waals surface area contributed by atoms with Crippen molar-refractivity contribution in [2.75, 3.05) is 5.32 Å². The summed E-state index contributed by atoms with van der Waals surface area (Å²) < 4.78 is 19.9. The zero-order chi connectivity index (χ0) is 17.6. The van der Waals surface area contributed by atoms with Crippen LogP contribution in [0.15, 0.2) is 34.1 Å². The van der Waals surface area contributed by atoms with Gasteiger partial charge in [0.25, 0.3) is 0 Å². The minimum Gasteiger partial charge on any atom is -0.384 e. The SMILES string of the molecule is CC(C)(C)c1noc2c1C(c1c(F)cccc1Cl)C(C#N)=C(N)N2. The Balaban J connectivity index is 2.36. The average Bonchev–Trinajstić information content (AvgIpc) is 2.90.